The number of hydrogen-bond acceptors (Lipinski definition) is 2. The number of benzene rings is 2. The predicted molar refractivity (Wildman–Crippen MR) is 89.0 cm³/mol. The van der Waals surface area contributed by atoms with Crippen LogP contribution in [0.25, 0.3) is 11.3 Å². The Balaban J connectivity index is 1.78. The van der Waals surface area contributed by atoms with Gasteiger partial charge in [0.05, 0.1) is 11.3 Å². The zero-order valence-electron chi connectivity index (χ0n) is 13.2. The lowest BCUT2D eigenvalue weighted by Gasteiger charge is -2.09. The van der Waals surface area contributed by atoms with Crippen LogP contribution in [0, 0.1) is 5.82 Å². The summed E-state index contributed by atoms with van der Waals surface area (Å²) >= 11 is 0. The molecule has 0 fully saturated rings. The fourth-order valence-corrected chi connectivity index (χ4v) is 2.29. The van der Waals surface area contributed by atoms with Gasteiger partial charge in [0.2, 0.25) is 0 Å². The molecular weight excluding hydrogens is 348 g/mol. The number of nitrogens with one attached hydrogen (secondary N) is 1. The van der Waals surface area contributed by atoms with E-state index in [2.05, 4.69) is 10.3 Å². The summed E-state index contributed by atoms with van der Waals surface area (Å²) in [6.45, 7) is 0. The van der Waals surface area contributed by atoms with Gasteiger partial charge in [-0.25, -0.2) is 4.39 Å². The summed E-state index contributed by atoms with van der Waals surface area (Å²) in [5, 5.41) is 2.60. The lowest BCUT2D eigenvalue weighted by molar-refractivity contribution is -0.137. The summed E-state index contributed by atoms with van der Waals surface area (Å²) in [5.74, 6) is -0.832. The molecule has 0 aliphatic carbocycles. The summed E-state index contributed by atoms with van der Waals surface area (Å²) in [4.78, 5) is 16.1. The Labute approximate surface area is 146 Å². The van der Waals surface area contributed by atoms with Crippen molar-refractivity contribution in [1.82, 2.24) is 4.98 Å². The molecule has 132 valence electrons. The van der Waals surface area contributed by atoms with Crippen LogP contribution in [0.15, 0.2) is 66.9 Å². The van der Waals surface area contributed by atoms with Crippen molar-refractivity contribution in [2.45, 2.75) is 6.18 Å². The van der Waals surface area contributed by atoms with Gasteiger partial charge >= 0.3 is 6.18 Å². The molecule has 0 unspecified atom stereocenters. The first-order valence-electron chi connectivity index (χ1n) is 7.53. The van der Waals surface area contributed by atoms with Crippen LogP contribution in [0.1, 0.15) is 15.9 Å². The van der Waals surface area contributed by atoms with E-state index in [1.807, 2.05) is 0 Å². The fourth-order valence-electron chi connectivity index (χ4n) is 2.29. The van der Waals surface area contributed by atoms with E-state index in [1.54, 1.807) is 0 Å². The molecule has 1 aromatic heterocycles. The summed E-state index contributed by atoms with van der Waals surface area (Å²) < 4.78 is 51.2. The highest BCUT2D eigenvalue weighted by atomic mass is 19.4. The van der Waals surface area contributed by atoms with Crippen LogP contribution in [-0.4, -0.2) is 10.9 Å². The van der Waals surface area contributed by atoms with Crippen LogP contribution in [-0.2, 0) is 6.18 Å². The lowest BCUT2D eigenvalue weighted by atomic mass is 10.1. The van der Waals surface area contributed by atoms with Crippen molar-refractivity contribution in [2.24, 2.45) is 0 Å². The standard InChI is InChI=1S/C19H12F4N2O/c20-15-5-7-16(8-6-15)25-18(26)13-3-1-12(2-4-13)17-11-14(9-10-24-17)19(21,22)23/h1-11H,(H,25,26). The average molecular weight is 360 g/mol. The fraction of sp³-hybridized carbons (Fsp3) is 0.0526. The molecule has 26 heavy (non-hydrogen) atoms. The molecule has 0 radical (unpaired) electrons. The maximum Gasteiger partial charge on any atom is 0.416 e. The van der Waals surface area contributed by atoms with Gasteiger partial charge in [-0.05, 0) is 48.5 Å². The maximum atomic E-state index is 12.9. The number of anilines is 1. The van der Waals surface area contributed by atoms with Gasteiger partial charge in [0.1, 0.15) is 5.82 Å². The Hall–Kier alpha value is -3.22. The maximum absolute atomic E-state index is 12.9. The molecule has 0 saturated heterocycles. The molecule has 0 saturated carbocycles. The third kappa shape index (κ3) is 4.05. The van der Waals surface area contributed by atoms with E-state index in [9.17, 15) is 22.4 Å². The third-order valence-electron chi connectivity index (χ3n) is 3.63. The highest BCUT2D eigenvalue weighted by molar-refractivity contribution is 6.04. The van der Waals surface area contributed by atoms with E-state index >= 15 is 0 Å². The van der Waals surface area contributed by atoms with E-state index in [4.69, 9.17) is 0 Å². The molecule has 1 heterocycles. The molecule has 3 rings (SSSR count). The third-order valence-corrected chi connectivity index (χ3v) is 3.63. The van der Waals surface area contributed by atoms with E-state index in [0.29, 0.717) is 16.8 Å². The number of halogens is 4. The second-order valence-electron chi connectivity index (χ2n) is 5.47. The molecule has 1 N–H and O–H groups in total. The van der Waals surface area contributed by atoms with Crippen LogP contribution in [0.5, 0.6) is 0 Å². The highest BCUT2D eigenvalue weighted by Gasteiger charge is 2.30. The van der Waals surface area contributed by atoms with Crippen molar-refractivity contribution in [2.75, 3.05) is 5.32 Å². The van der Waals surface area contributed by atoms with Gasteiger partial charge < -0.3 is 5.32 Å². The monoisotopic (exact) mass is 360 g/mol. The molecule has 1 amide bonds. The van der Waals surface area contributed by atoms with Gasteiger partial charge in [0.15, 0.2) is 0 Å². The molecule has 3 nitrogen and oxygen atoms in total. The van der Waals surface area contributed by atoms with Gasteiger partial charge in [-0.2, -0.15) is 13.2 Å². The summed E-state index contributed by atoms with van der Waals surface area (Å²) in [6, 6.07) is 13.1. The van der Waals surface area contributed by atoms with Crippen LogP contribution in [0.3, 0.4) is 0 Å². The summed E-state index contributed by atoms with van der Waals surface area (Å²) in [7, 11) is 0. The van der Waals surface area contributed by atoms with E-state index in [0.717, 1.165) is 18.3 Å². The van der Waals surface area contributed by atoms with Gasteiger partial charge in [0.25, 0.3) is 5.91 Å². The number of rotatable bonds is 3. The second kappa shape index (κ2) is 6.95. The van der Waals surface area contributed by atoms with Gasteiger partial charge in [0, 0.05) is 23.0 Å². The molecular formula is C19H12F4N2O. The molecule has 0 bridgehead atoms. The first-order chi connectivity index (χ1) is 12.3. The first kappa shape index (κ1) is 17.6. The van der Waals surface area contributed by atoms with Crippen molar-refractivity contribution in [3.63, 3.8) is 0 Å². The normalized spacial score (nSPS) is 11.2. The summed E-state index contributed by atoms with van der Waals surface area (Å²) in [6.07, 6.45) is -3.36. The Morgan fingerprint density at radius 2 is 1.58 bits per heavy atom. The van der Waals surface area contributed by atoms with Gasteiger partial charge in [-0.1, -0.05) is 12.1 Å². The average Bonchev–Trinajstić information content (AvgIpc) is 2.63. The zero-order chi connectivity index (χ0) is 18.7. The largest absolute Gasteiger partial charge is 0.416 e. The van der Waals surface area contributed by atoms with E-state index < -0.39 is 23.5 Å². The molecule has 2 aromatic carbocycles. The molecule has 7 heteroatoms. The Morgan fingerprint density at radius 1 is 0.923 bits per heavy atom. The minimum absolute atomic E-state index is 0.158. The number of hydrogen-bond donors (Lipinski definition) is 1. The van der Waals surface area contributed by atoms with Crippen molar-refractivity contribution in [3.05, 3.63) is 83.8 Å². The molecule has 3 aromatic rings. The highest BCUT2D eigenvalue weighted by Crippen LogP contribution is 2.31. The molecule has 0 spiro atoms. The lowest BCUT2D eigenvalue weighted by Crippen LogP contribution is -2.11. The van der Waals surface area contributed by atoms with E-state index in [-0.39, 0.29) is 5.69 Å². The van der Waals surface area contributed by atoms with Crippen LogP contribution < -0.4 is 5.32 Å². The first-order valence-corrected chi connectivity index (χ1v) is 7.53. The number of carbonyl (C=O) groups excluding carboxylic acids is 1. The zero-order valence-corrected chi connectivity index (χ0v) is 13.2. The van der Waals surface area contributed by atoms with Gasteiger partial charge in [-0.3, -0.25) is 9.78 Å². The van der Waals surface area contributed by atoms with Crippen molar-refractivity contribution in [3.8, 4) is 11.3 Å². The quantitative estimate of drug-likeness (QED) is 0.656. The molecule has 0 atom stereocenters. The second-order valence-corrected chi connectivity index (χ2v) is 5.47. The van der Waals surface area contributed by atoms with Gasteiger partial charge in [-0.15, -0.1) is 0 Å². The topological polar surface area (TPSA) is 42.0 Å². The Kier molecular flexibility index (Phi) is 4.71. The van der Waals surface area contributed by atoms with E-state index in [1.165, 1.54) is 48.5 Å². The molecule has 0 aliphatic heterocycles. The van der Waals surface area contributed by atoms with Crippen LogP contribution >= 0.6 is 0 Å². The number of pyridine rings is 1. The van der Waals surface area contributed by atoms with Crippen LogP contribution in [0.4, 0.5) is 23.2 Å². The smallest absolute Gasteiger partial charge is 0.322 e. The minimum Gasteiger partial charge on any atom is -0.322 e. The predicted octanol–water partition coefficient (Wildman–Crippen LogP) is 5.16. The minimum atomic E-state index is -4.45. The molecule has 0 aliphatic rings. The van der Waals surface area contributed by atoms with Crippen LogP contribution in [0.2, 0.25) is 0 Å². The number of amides is 1. The number of aromatic nitrogens is 1. The number of nitrogens with zero attached hydrogens (tertiary/aromatic N) is 1. The number of carbonyl (C=O) groups is 1. The van der Waals surface area contributed by atoms with Crippen molar-refractivity contribution >= 4 is 11.6 Å². The number of alkyl halides is 3. The SMILES string of the molecule is O=C(Nc1ccc(F)cc1)c1ccc(-c2cc(C(F)(F)F)ccn2)cc1. The Bertz CT molecular complexity index is 920. The summed E-state index contributed by atoms with van der Waals surface area (Å²) in [5.41, 5.74) is 0.561. The Morgan fingerprint density at radius 3 is 2.19 bits per heavy atom. The van der Waals surface area contributed by atoms with Crippen molar-refractivity contribution in [1.29, 1.82) is 0 Å². The van der Waals surface area contributed by atoms with Crippen molar-refractivity contribution < 1.29 is 22.4 Å².